The average molecular weight is 271 g/mol. The van der Waals surface area contributed by atoms with Crippen LogP contribution in [0.2, 0.25) is 0 Å². The fourth-order valence-electron chi connectivity index (χ4n) is 2.40. The van der Waals surface area contributed by atoms with Gasteiger partial charge in [0.15, 0.2) is 0 Å². The van der Waals surface area contributed by atoms with Crippen molar-refractivity contribution < 1.29 is 4.39 Å². The summed E-state index contributed by atoms with van der Waals surface area (Å²) in [4.78, 5) is 0. The highest BCUT2D eigenvalue weighted by Gasteiger charge is 2.11. The van der Waals surface area contributed by atoms with Crippen LogP contribution in [0.3, 0.4) is 0 Å². The smallest absolute Gasteiger partial charge is 0.131 e. The molecule has 1 nitrogen and oxygen atoms in total. The Balaban J connectivity index is 2.44. The molecule has 0 amide bonds. The Morgan fingerprint density at radius 2 is 1.80 bits per heavy atom. The molecule has 0 radical (unpaired) electrons. The van der Waals surface area contributed by atoms with E-state index in [1.807, 2.05) is 30.3 Å². The summed E-state index contributed by atoms with van der Waals surface area (Å²) in [6, 6.07) is 11.5. The van der Waals surface area contributed by atoms with Crippen molar-refractivity contribution in [3.8, 4) is 11.1 Å². The van der Waals surface area contributed by atoms with Crippen molar-refractivity contribution in [1.82, 2.24) is 0 Å². The molecule has 2 heteroatoms. The van der Waals surface area contributed by atoms with Crippen LogP contribution in [0, 0.1) is 19.7 Å². The Bertz CT molecular complexity index is 604. The molecule has 2 aromatic carbocycles. The minimum Gasteiger partial charge on any atom is -0.330 e. The van der Waals surface area contributed by atoms with Crippen LogP contribution in [0.4, 0.5) is 4.39 Å². The van der Waals surface area contributed by atoms with Gasteiger partial charge in [0.05, 0.1) is 0 Å². The lowest BCUT2D eigenvalue weighted by Gasteiger charge is -2.13. The molecule has 0 aliphatic heterocycles. The van der Waals surface area contributed by atoms with Gasteiger partial charge in [0.25, 0.3) is 0 Å². The normalized spacial score (nSPS) is 12.4. The maximum absolute atomic E-state index is 14.1. The summed E-state index contributed by atoms with van der Waals surface area (Å²) in [5, 5.41) is 0. The minimum atomic E-state index is -0.169. The summed E-state index contributed by atoms with van der Waals surface area (Å²) < 4.78 is 14.1. The number of hydrogen-bond acceptors (Lipinski definition) is 1. The zero-order chi connectivity index (χ0) is 14.7. The number of aryl methyl sites for hydroxylation is 2. The molecular formula is C18H22FN. The van der Waals surface area contributed by atoms with Crippen LogP contribution in [0.1, 0.15) is 36.0 Å². The fraction of sp³-hybridized carbons (Fsp3) is 0.333. The van der Waals surface area contributed by atoms with Crippen LogP contribution in [-0.2, 0) is 0 Å². The fourth-order valence-corrected chi connectivity index (χ4v) is 2.40. The summed E-state index contributed by atoms with van der Waals surface area (Å²) in [6.45, 7) is 6.90. The molecule has 0 fully saturated rings. The molecule has 2 rings (SSSR count). The van der Waals surface area contributed by atoms with Gasteiger partial charge in [-0.1, -0.05) is 31.2 Å². The van der Waals surface area contributed by atoms with Gasteiger partial charge < -0.3 is 5.73 Å². The van der Waals surface area contributed by atoms with E-state index >= 15 is 0 Å². The topological polar surface area (TPSA) is 26.0 Å². The highest BCUT2D eigenvalue weighted by Crippen LogP contribution is 2.29. The first-order chi connectivity index (χ1) is 9.52. The molecule has 0 saturated carbocycles. The van der Waals surface area contributed by atoms with E-state index in [2.05, 4.69) is 20.8 Å². The predicted molar refractivity (Wildman–Crippen MR) is 83.4 cm³/mol. The molecular weight excluding hydrogens is 249 g/mol. The van der Waals surface area contributed by atoms with E-state index in [4.69, 9.17) is 5.73 Å². The molecule has 0 heterocycles. The minimum absolute atomic E-state index is 0.169. The third-order valence-electron chi connectivity index (χ3n) is 3.98. The second kappa shape index (κ2) is 6.19. The van der Waals surface area contributed by atoms with Crippen molar-refractivity contribution in [3.63, 3.8) is 0 Å². The molecule has 2 N–H and O–H groups in total. The van der Waals surface area contributed by atoms with E-state index in [0.29, 0.717) is 18.0 Å². The molecule has 106 valence electrons. The predicted octanol–water partition coefficient (Wildman–Crippen LogP) is 4.56. The van der Waals surface area contributed by atoms with E-state index in [9.17, 15) is 4.39 Å². The molecule has 20 heavy (non-hydrogen) atoms. The molecule has 0 aromatic heterocycles. The Morgan fingerprint density at radius 1 is 1.05 bits per heavy atom. The molecule has 1 unspecified atom stereocenters. The van der Waals surface area contributed by atoms with Gasteiger partial charge in [0, 0.05) is 5.56 Å². The quantitative estimate of drug-likeness (QED) is 0.866. The first-order valence-electron chi connectivity index (χ1n) is 7.10. The van der Waals surface area contributed by atoms with Crippen LogP contribution < -0.4 is 5.73 Å². The number of benzene rings is 2. The highest BCUT2D eigenvalue weighted by molar-refractivity contribution is 5.66. The monoisotopic (exact) mass is 271 g/mol. The van der Waals surface area contributed by atoms with E-state index < -0.39 is 0 Å². The van der Waals surface area contributed by atoms with E-state index in [-0.39, 0.29) is 5.82 Å². The Morgan fingerprint density at radius 3 is 2.45 bits per heavy atom. The molecule has 1 atom stereocenters. The largest absolute Gasteiger partial charge is 0.330 e. The Hall–Kier alpha value is -1.67. The van der Waals surface area contributed by atoms with Gasteiger partial charge in [0.1, 0.15) is 5.82 Å². The summed E-state index contributed by atoms with van der Waals surface area (Å²) >= 11 is 0. The van der Waals surface area contributed by atoms with Crippen molar-refractivity contribution in [2.45, 2.75) is 33.1 Å². The van der Waals surface area contributed by atoms with Crippen LogP contribution in [0.5, 0.6) is 0 Å². The molecule has 0 aliphatic rings. The van der Waals surface area contributed by atoms with Gasteiger partial charge >= 0.3 is 0 Å². The van der Waals surface area contributed by atoms with Crippen molar-refractivity contribution in [3.05, 3.63) is 58.9 Å². The van der Waals surface area contributed by atoms with Crippen LogP contribution in [-0.4, -0.2) is 6.54 Å². The van der Waals surface area contributed by atoms with E-state index in [1.54, 1.807) is 6.07 Å². The Labute approximate surface area is 120 Å². The van der Waals surface area contributed by atoms with Gasteiger partial charge in [0.2, 0.25) is 0 Å². The van der Waals surface area contributed by atoms with E-state index in [0.717, 1.165) is 17.5 Å². The Kier molecular flexibility index (Phi) is 4.56. The maximum Gasteiger partial charge on any atom is 0.131 e. The van der Waals surface area contributed by atoms with Crippen LogP contribution in [0.15, 0.2) is 36.4 Å². The lowest BCUT2D eigenvalue weighted by molar-refractivity contribution is 0.627. The molecule has 2 aromatic rings. The van der Waals surface area contributed by atoms with Crippen molar-refractivity contribution in [2.75, 3.05) is 6.54 Å². The van der Waals surface area contributed by atoms with Gasteiger partial charge in [-0.05, 0) is 67.1 Å². The van der Waals surface area contributed by atoms with Crippen molar-refractivity contribution in [2.24, 2.45) is 5.73 Å². The van der Waals surface area contributed by atoms with Crippen molar-refractivity contribution >= 4 is 0 Å². The van der Waals surface area contributed by atoms with Gasteiger partial charge in [-0.15, -0.1) is 0 Å². The van der Waals surface area contributed by atoms with E-state index in [1.165, 1.54) is 11.1 Å². The summed E-state index contributed by atoms with van der Waals surface area (Å²) in [5.74, 6) is 0.183. The first-order valence-corrected chi connectivity index (χ1v) is 7.10. The lowest BCUT2D eigenvalue weighted by Crippen LogP contribution is -2.05. The number of halogens is 1. The average Bonchev–Trinajstić information content (AvgIpc) is 2.43. The number of nitrogens with two attached hydrogens (primary N) is 1. The summed E-state index contributed by atoms with van der Waals surface area (Å²) in [7, 11) is 0. The lowest BCUT2D eigenvalue weighted by atomic mass is 9.93. The molecule has 0 spiro atoms. The molecule has 0 saturated heterocycles. The maximum atomic E-state index is 14.1. The second-order valence-corrected chi connectivity index (χ2v) is 5.52. The number of hydrogen-bond donors (Lipinski definition) is 1. The highest BCUT2D eigenvalue weighted by atomic mass is 19.1. The summed E-state index contributed by atoms with van der Waals surface area (Å²) in [6.07, 6.45) is 0.915. The number of rotatable bonds is 4. The third-order valence-corrected chi connectivity index (χ3v) is 3.98. The second-order valence-electron chi connectivity index (χ2n) is 5.52. The molecule has 0 aliphatic carbocycles. The zero-order valence-electron chi connectivity index (χ0n) is 12.4. The standard InChI is InChI=1S/C18H22FN/c1-12-4-5-16(10-14(12)3)17-11-15(6-7-18(17)19)13(2)8-9-20/h4-7,10-11,13H,8-9,20H2,1-3H3. The third kappa shape index (κ3) is 3.07. The SMILES string of the molecule is Cc1ccc(-c2cc(C(C)CCN)ccc2F)cc1C. The van der Waals surface area contributed by atoms with Gasteiger partial charge in [-0.25, -0.2) is 4.39 Å². The van der Waals surface area contributed by atoms with Crippen LogP contribution >= 0.6 is 0 Å². The zero-order valence-corrected chi connectivity index (χ0v) is 12.4. The van der Waals surface area contributed by atoms with Gasteiger partial charge in [-0.3, -0.25) is 0 Å². The molecule has 0 bridgehead atoms. The first kappa shape index (κ1) is 14.7. The van der Waals surface area contributed by atoms with Crippen molar-refractivity contribution in [1.29, 1.82) is 0 Å². The van der Waals surface area contributed by atoms with Gasteiger partial charge in [-0.2, -0.15) is 0 Å². The summed E-state index contributed by atoms with van der Waals surface area (Å²) in [5.41, 5.74) is 10.8. The van der Waals surface area contributed by atoms with Crippen LogP contribution in [0.25, 0.3) is 11.1 Å².